The Morgan fingerprint density at radius 1 is 1.40 bits per heavy atom. The number of nitrogens with two attached hydrogens (primary N) is 1. The first kappa shape index (κ1) is 13.7. The zero-order valence-electron chi connectivity index (χ0n) is 11.1. The van der Waals surface area contributed by atoms with E-state index in [1.807, 2.05) is 6.92 Å². The lowest BCUT2D eigenvalue weighted by Crippen LogP contribution is -2.04. The SMILES string of the molecule is CCc1nc(N)c(C)c(Oc2ccc(C#N)c(F)c2)n1. The molecule has 0 atom stereocenters. The van der Waals surface area contributed by atoms with Crippen molar-refractivity contribution >= 4 is 5.82 Å². The molecule has 102 valence electrons. The van der Waals surface area contributed by atoms with Crippen molar-refractivity contribution in [3.8, 4) is 17.7 Å². The summed E-state index contributed by atoms with van der Waals surface area (Å²) in [4.78, 5) is 8.33. The molecule has 1 heterocycles. The van der Waals surface area contributed by atoms with E-state index >= 15 is 0 Å². The monoisotopic (exact) mass is 272 g/mol. The van der Waals surface area contributed by atoms with Gasteiger partial charge >= 0.3 is 0 Å². The summed E-state index contributed by atoms with van der Waals surface area (Å²) in [6.07, 6.45) is 0.614. The maximum Gasteiger partial charge on any atom is 0.227 e. The van der Waals surface area contributed by atoms with Crippen molar-refractivity contribution in [3.63, 3.8) is 0 Å². The van der Waals surface area contributed by atoms with E-state index < -0.39 is 5.82 Å². The van der Waals surface area contributed by atoms with Crippen LogP contribution in [0.5, 0.6) is 11.6 Å². The first-order chi connectivity index (χ1) is 9.55. The maximum atomic E-state index is 13.5. The molecule has 0 aliphatic rings. The zero-order chi connectivity index (χ0) is 14.7. The molecule has 1 aromatic carbocycles. The van der Waals surface area contributed by atoms with Gasteiger partial charge in [-0.25, -0.2) is 9.37 Å². The van der Waals surface area contributed by atoms with Crippen LogP contribution in [0, 0.1) is 24.1 Å². The molecule has 5 nitrogen and oxygen atoms in total. The van der Waals surface area contributed by atoms with Gasteiger partial charge in [0.15, 0.2) is 0 Å². The summed E-state index contributed by atoms with van der Waals surface area (Å²) in [7, 11) is 0. The van der Waals surface area contributed by atoms with Crippen molar-refractivity contribution in [2.24, 2.45) is 0 Å². The highest BCUT2D eigenvalue weighted by Gasteiger charge is 2.11. The van der Waals surface area contributed by atoms with Crippen LogP contribution in [0.15, 0.2) is 18.2 Å². The first-order valence-corrected chi connectivity index (χ1v) is 6.05. The number of hydrogen-bond donors (Lipinski definition) is 1. The summed E-state index contributed by atoms with van der Waals surface area (Å²) in [5.41, 5.74) is 6.33. The Hall–Kier alpha value is -2.68. The molecule has 20 heavy (non-hydrogen) atoms. The van der Waals surface area contributed by atoms with Gasteiger partial charge in [-0.05, 0) is 19.1 Å². The third-order valence-electron chi connectivity index (χ3n) is 2.78. The number of nitrogen functional groups attached to an aromatic ring is 1. The van der Waals surface area contributed by atoms with Gasteiger partial charge in [0.1, 0.15) is 29.3 Å². The Labute approximate surface area is 115 Å². The van der Waals surface area contributed by atoms with Crippen molar-refractivity contribution in [3.05, 3.63) is 41.0 Å². The molecule has 0 aliphatic heterocycles. The largest absolute Gasteiger partial charge is 0.438 e. The number of hydrogen-bond acceptors (Lipinski definition) is 5. The number of rotatable bonds is 3. The van der Waals surface area contributed by atoms with E-state index in [1.54, 1.807) is 13.0 Å². The van der Waals surface area contributed by atoms with Gasteiger partial charge in [-0.15, -0.1) is 0 Å². The number of halogens is 1. The number of aromatic nitrogens is 2. The highest BCUT2D eigenvalue weighted by molar-refractivity contribution is 5.46. The van der Waals surface area contributed by atoms with E-state index in [-0.39, 0.29) is 11.3 Å². The second-order valence-electron chi connectivity index (χ2n) is 4.16. The molecule has 0 aliphatic carbocycles. The van der Waals surface area contributed by atoms with E-state index in [0.717, 1.165) is 6.07 Å². The third-order valence-corrected chi connectivity index (χ3v) is 2.78. The predicted octanol–water partition coefficient (Wildman–Crippen LogP) is 2.73. The molecule has 0 amide bonds. The lowest BCUT2D eigenvalue weighted by Gasteiger charge is -2.10. The summed E-state index contributed by atoms with van der Waals surface area (Å²) in [6, 6.07) is 5.75. The van der Waals surface area contributed by atoms with E-state index in [2.05, 4.69) is 9.97 Å². The highest BCUT2D eigenvalue weighted by Crippen LogP contribution is 2.27. The molecule has 0 radical (unpaired) electrons. The molecule has 0 spiro atoms. The molecule has 1 aromatic heterocycles. The van der Waals surface area contributed by atoms with Crippen molar-refractivity contribution in [2.75, 3.05) is 5.73 Å². The topological polar surface area (TPSA) is 84.8 Å². The van der Waals surface area contributed by atoms with E-state index in [4.69, 9.17) is 15.7 Å². The van der Waals surface area contributed by atoms with Gasteiger partial charge in [-0.2, -0.15) is 10.2 Å². The molecular formula is C14H13FN4O. The number of aryl methyl sites for hydroxylation is 1. The molecule has 6 heteroatoms. The molecule has 2 N–H and O–H groups in total. The molecule has 0 unspecified atom stereocenters. The van der Waals surface area contributed by atoms with Crippen LogP contribution < -0.4 is 10.5 Å². The highest BCUT2D eigenvalue weighted by atomic mass is 19.1. The first-order valence-electron chi connectivity index (χ1n) is 6.05. The molecular weight excluding hydrogens is 259 g/mol. The fourth-order valence-electron chi connectivity index (χ4n) is 1.58. The second-order valence-corrected chi connectivity index (χ2v) is 4.16. The van der Waals surface area contributed by atoms with Gasteiger partial charge in [0.2, 0.25) is 5.88 Å². The minimum atomic E-state index is -0.639. The lowest BCUT2D eigenvalue weighted by atomic mass is 10.2. The fraction of sp³-hybridized carbons (Fsp3) is 0.214. The van der Waals surface area contributed by atoms with Gasteiger partial charge in [0.25, 0.3) is 0 Å². The standard InChI is InChI=1S/C14H13FN4O/c1-3-12-18-13(17)8(2)14(19-12)20-10-5-4-9(7-16)11(15)6-10/h4-6H,3H2,1-2H3,(H2,17,18,19). The van der Waals surface area contributed by atoms with Gasteiger partial charge < -0.3 is 10.5 Å². The van der Waals surface area contributed by atoms with Crippen LogP contribution in [-0.4, -0.2) is 9.97 Å². The Morgan fingerprint density at radius 2 is 2.15 bits per heavy atom. The van der Waals surface area contributed by atoms with Crippen molar-refractivity contribution in [1.82, 2.24) is 9.97 Å². The van der Waals surface area contributed by atoms with Crippen LogP contribution >= 0.6 is 0 Å². The number of benzene rings is 1. The minimum absolute atomic E-state index is 0.0366. The number of ether oxygens (including phenoxy) is 1. The van der Waals surface area contributed by atoms with Crippen LogP contribution in [0.25, 0.3) is 0 Å². The minimum Gasteiger partial charge on any atom is -0.438 e. The Balaban J connectivity index is 2.37. The van der Waals surface area contributed by atoms with Crippen LogP contribution in [0.3, 0.4) is 0 Å². The molecule has 0 saturated heterocycles. The smallest absolute Gasteiger partial charge is 0.227 e. The van der Waals surface area contributed by atoms with Crippen molar-refractivity contribution < 1.29 is 9.13 Å². The lowest BCUT2D eigenvalue weighted by molar-refractivity contribution is 0.450. The molecule has 0 saturated carbocycles. The number of nitriles is 1. The van der Waals surface area contributed by atoms with Crippen LogP contribution in [0.4, 0.5) is 10.2 Å². The zero-order valence-corrected chi connectivity index (χ0v) is 11.1. The van der Waals surface area contributed by atoms with Crippen molar-refractivity contribution in [2.45, 2.75) is 20.3 Å². The summed E-state index contributed by atoms with van der Waals surface area (Å²) >= 11 is 0. The Morgan fingerprint density at radius 3 is 2.75 bits per heavy atom. The second kappa shape index (κ2) is 5.53. The van der Waals surface area contributed by atoms with Crippen LogP contribution in [0.1, 0.15) is 23.9 Å². The normalized spacial score (nSPS) is 10.1. The fourth-order valence-corrected chi connectivity index (χ4v) is 1.58. The number of nitrogens with zero attached hydrogens (tertiary/aromatic N) is 3. The van der Waals surface area contributed by atoms with Gasteiger partial charge in [-0.1, -0.05) is 6.92 Å². The van der Waals surface area contributed by atoms with E-state index in [1.165, 1.54) is 12.1 Å². The van der Waals surface area contributed by atoms with Crippen LogP contribution in [0.2, 0.25) is 0 Å². The molecule has 2 rings (SSSR count). The molecule has 2 aromatic rings. The van der Waals surface area contributed by atoms with Gasteiger partial charge in [-0.3, -0.25) is 0 Å². The van der Waals surface area contributed by atoms with Gasteiger partial charge in [0, 0.05) is 12.5 Å². The Bertz CT molecular complexity index is 694. The average Bonchev–Trinajstić information content (AvgIpc) is 2.43. The summed E-state index contributed by atoms with van der Waals surface area (Å²) in [5.74, 6) is 0.793. The number of anilines is 1. The van der Waals surface area contributed by atoms with E-state index in [9.17, 15) is 4.39 Å². The van der Waals surface area contributed by atoms with E-state index in [0.29, 0.717) is 29.5 Å². The average molecular weight is 272 g/mol. The van der Waals surface area contributed by atoms with Gasteiger partial charge in [0.05, 0.1) is 11.1 Å². The maximum absolute atomic E-state index is 13.5. The van der Waals surface area contributed by atoms with Crippen molar-refractivity contribution in [1.29, 1.82) is 5.26 Å². The molecule has 0 bridgehead atoms. The summed E-state index contributed by atoms with van der Waals surface area (Å²) in [6.45, 7) is 3.62. The predicted molar refractivity (Wildman–Crippen MR) is 71.7 cm³/mol. The summed E-state index contributed by atoms with van der Waals surface area (Å²) < 4.78 is 19.1. The third kappa shape index (κ3) is 2.67. The summed E-state index contributed by atoms with van der Waals surface area (Å²) in [5, 5.41) is 8.68. The molecule has 0 fully saturated rings. The van der Waals surface area contributed by atoms with Crippen LogP contribution in [-0.2, 0) is 6.42 Å². The quantitative estimate of drug-likeness (QED) is 0.928. The Kier molecular flexibility index (Phi) is 3.80.